The lowest BCUT2D eigenvalue weighted by molar-refractivity contribution is -0.119. The van der Waals surface area contributed by atoms with Gasteiger partial charge in [0, 0.05) is 32.1 Å². The summed E-state index contributed by atoms with van der Waals surface area (Å²) in [5.74, 6) is 0.0519. The van der Waals surface area contributed by atoms with Crippen molar-refractivity contribution in [2.45, 2.75) is 57.2 Å². The van der Waals surface area contributed by atoms with Crippen molar-refractivity contribution in [3.63, 3.8) is 0 Å². The standard InChI is InChI=1S/C12H22N2O2/c1-9(15)13-10-6-7-14(8-10)11-4-2-3-5-12(11)16/h10-12,16H,2-8H2,1H3,(H,13,15). The first-order valence-corrected chi connectivity index (χ1v) is 6.36. The summed E-state index contributed by atoms with van der Waals surface area (Å²) in [5, 5.41) is 12.9. The van der Waals surface area contributed by atoms with Crippen molar-refractivity contribution in [3.05, 3.63) is 0 Å². The molecule has 92 valence electrons. The van der Waals surface area contributed by atoms with Crippen molar-refractivity contribution in [1.82, 2.24) is 10.2 Å². The first-order valence-electron chi connectivity index (χ1n) is 6.36. The molecule has 0 spiro atoms. The van der Waals surface area contributed by atoms with Crippen LogP contribution in [0.5, 0.6) is 0 Å². The van der Waals surface area contributed by atoms with E-state index in [0.717, 1.165) is 38.8 Å². The summed E-state index contributed by atoms with van der Waals surface area (Å²) in [4.78, 5) is 13.3. The molecule has 0 aromatic carbocycles. The second-order valence-corrected chi connectivity index (χ2v) is 5.10. The fraction of sp³-hybridized carbons (Fsp3) is 0.917. The quantitative estimate of drug-likeness (QED) is 0.721. The van der Waals surface area contributed by atoms with Crippen molar-refractivity contribution < 1.29 is 9.90 Å². The highest BCUT2D eigenvalue weighted by Crippen LogP contribution is 2.26. The Labute approximate surface area is 97.0 Å². The number of rotatable bonds is 2. The molecule has 3 unspecified atom stereocenters. The van der Waals surface area contributed by atoms with Crippen LogP contribution in [0, 0.1) is 0 Å². The van der Waals surface area contributed by atoms with E-state index in [1.807, 2.05) is 0 Å². The van der Waals surface area contributed by atoms with Gasteiger partial charge in [-0.15, -0.1) is 0 Å². The molecule has 4 heteroatoms. The smallest absolute Gasteiger partial charge is 0.217 e. The average molecular weight is 226 g/mol. The maximum atomic E-state index is 11.0. The van der Waals surface area contributed by atoms with Crippen LogP contribution in [-0.2, 0) is 4.79 Å². The Morgan fingerprint density at radius 1 is 1.31 bits per heavy atom. The lowest BCUT2D eigenvalue weighted by atomic mass is 9.91. The second kappa shape index (κ2) is 5.15. The van der Waals surface area contributed by atoms with Gasteiger partial charge in [-0.25, -0.2) is 0 Å². The van der Waals surface area contributed by atoms with Gasteiger partial charge < -0.3 is 10.4 Å². The summed E-state index contributed by atoms with van der Waals surface area (Å²) >= 11 is 0. The first-order chi connectivity index (χ1) is 7.66. The third kappa shape index (κ3) is 2.74. The zero-order chi connectivity index (χ0) is 11.5. The zero-order valence-corrected chi connectivity index (χ0v) is 9.98. The van der Waals surface area contributed by atoms with Crippen molar-refractivity contribution in [2.24, 2.45) is 0 Å². The van der Waals surface area contributed by atoms with E-state index in [2.05, 4.69) is 10.2 Å². The Bertz CT molecular complexity index is 257. The van der Waals surface area contributed by atoms with Crippen LogP contribution in [0.3, 0.4) is 0 Å². The zero-order valence-electron chi connectivity index (χ0n) is 9.98. The van der Waals surface area contributed by atoms with Gasteiger partial charge in [0.1, 0.15) is 0 Å². The largest absolute Gasteiger partial charge is 0.391 e. The number of nitrogens with one attached hydrogen (secondary N) is 1. The van der Waals surface area contributed by atoms with E-state index in [0.29, 0.717) is 6.04 Å². The van der Waals surface area contributed by atoms with E-state index in [1.54, 1.807) is 6.92 Å². The first kappa shape index (κ1) is 11.9. The Morgan fingerprint density at radius 3 is 2.75 bits per heavy atom. The van der Waals surface area contributed by atoms with E-state index in [9.17, 15) is 9.90 Å². The topological polar surface area (TPSA) is 52.6 Å². The number of aliphatic hydroxyl groups excluding tert-OH is 1. The summed E-state index contributed by atoms with van der Waals surface area (Å²) in [6.07, 6.45) is 5.27. The maximum absolute atomic E-state index is 11.0. The van der Waals surface area contributed by atoms with Crippen LogP contribution in [0.2, 0.25) is 0 Å². The molecule has 0 bridgehead atoms. The Morgan fingerprint density at radius 2 is 2.06 bits per heavy atom. The van der Waals surface area contributed by atoms with Crippen molar-refractivity contribution in [3.8, 4) is 0 Å². The van der Waals surface area contributed by atoms with E-state index in [-0.39, 0.29) is 18.1 Å². The Hall–Kier alpha value is -0.610. The average Bonchev–Trinajstić information content (AvgIpc) is 2.66. The van der Waals surface area contributed by atoms with E-state index >= 15 is 0 Å². The van der Waals surface area contributed by atoms with Crippen LogP contribution in [0.15, 0.2) is 0 Å². The number of hydrogen-bond donors (Lipinski definition) is 2. The normalized spacial score (nSPS) is 36.2. The van der Waals surface area contributed by atoms with Crippen LogP contribution < -0.4 is 5.32 Å². The second-order valence-electron chi connectivity index (χ2n) is 5.10. The molecule has 1 amide bonds. The number of carbonyl (C=O) groups is 1. The van der Waals surface area contributed by atoms with Crippen LogP contribution in [0.25, 0.3) is 0 Å². The molecule has 2 aliphatic rings. The van der Waals surface area contributed by atoms with E-state index in [4.69, 9.17) is 0 Å². The van der Waals surface area contributed by atoms with Crippen molar-refractivity contribution in [1.29, 1.82) is 0 Å². The highest BCUT2D eigenvalue weighted by atomic mass is 16.3. The summed E-state index contributed by atoms with van der Waals surface area (Å²) in [6, 6.07) is 0.610. The number of amides is 1. The number of likely N-dealkylation sites (tertiary alicyclic amines) is 1. The molecule has 0 aromatic rings. The molecule has 1 saturated heterocycles. The maximum Gasteiger partial charge on any atom is 0.217 e. The Balaban J connectivity index is 1.85. The molecule has 3 atom stereocenters. The van der Waals surface area contributed by atoms with Gasteiger partial charge in [0.2, 0.25) is 5.91 Å². The molecule has 1 saturated carbocycles. The number of nitrogens with zero attached hydrogens (tertiary/aromatic N) is 1. The summed E-state index contributed by atoms with van der Waals surface area (Å²) in [6.45, 7) is 3.48. The molecular formula is C12H22N2O2. The molecule has 1 heterocycles. The summed E-state index contributed by atoms with van der Waals surface area (Å²) < 4.78 is 0. The molecule has 1 aliphatic heterocycles. The molecule has 16 heavy (non-hydrogen) atoms. The van der Waals surface area contributed by atoms with Gasteiger partial charge in [-0.05, 0) is 19.3 Å². The lowest BCUT2D eigenvalue weighted by Gasteiger charge is -2.35. The van der Waals surface area contributed by atoms with Crippen LogP contribution in [0.4, 0.5) is 0 Å². The Kier molecular flexibility index (Phi) is 3.82. The van der Waals surface area contributed by atoms with Gasteiger partial charge >= 0.3 is 0 Å². The van der Waals surface area contributed by atoms with Crippen molar-refractivity contribution in [2.75, 3.05) is 13.1 Å². The predicted octanol–water partition coefficient (Wildman–Crippen LogP) is 0.500. The molecule has 0 radical (unpaired) electrons. The predicted molar refractivity (Wildman–Crippen MR) is 62.1 cm³/mol. The molecular weight excluding hydrogens is 204 g/mol. The third-order valence-electron chi connectivity index (χ3n) is 3.79. The molecule has 1 aliphatic carbocycles. The lowest BCUT2D eigenvalue weighted by Crippen LogP contribution is -2.46. The minimum atomic E-state index is -0.162. The monoisotopic (exact) mass is 226 g/mol. The van der Waals surface area contributed by atoms with Crippen LogP contribution in [0.1, 0.15) is 39.0 Å². The summed E-state index contributed by atoms with van der Waals surface area (Å²) in [5.41, 5.74) is 0. The molecule has 0 aromatic heterocycles. The number of carbonyl (C=O) groups excluding carboxylic acids is 1. The molecule has 2 N–H and O–H groups in total. The van der Waals surface area contributed by atoms with E-state index < -0.39 is 0 Å². The number of hydrogen-bond acceptors (Lipinski definition) is 3. The summed E-state index contributed by atoms with van der Waals surface area (Å²) in [7, 11) is 0. The van der Waals surface area contributed by atoms with Crippen LogP contribution >= 0.6 is 0 Å². The molecule has 2 fully saturated rings. The molecule has 2 rings (SSSR count). The van der Waals surface area contributed by atoms with Gasteiger partial charge in [-0.1, -0.05) is 12.8 Å². The highest BCUT2D eigenvalue weighted by molar-refractivity contribution is 5.73. The highest BCUT2D eigenvalue weighted by Gasteiger charge is 2.33. The number of aliphatic hydroxyl groups is 1. The minimum Gasteiger partial charge on any atom is -0.391 e. The minimum absolute atomic E-state index is 0.0519. The van der Waals surface area contributed by atoms with E-state index in [1.165, 1.54) is 6.42 Å². The van der Waals surface area contributed by atoms with Gasteiger partial charge in [0.25, 0.3) is 0 Å². The van der Waals surface area contributed by atoms with Crippen molar-refractivity contribution >= 4 is 5.91 Å². The fourth-order valence-electron chi connectivity index (χ4n) is 3.01. The van der Waals surface area contributed by atoms with Gasteiger partial charge in [0.15, 0.2) is 0 Å². The SMILES string of the molecule is CC(=O)NC1CCN(C2CCCCC2O)C1. The van der Waals surface area contributed by atoms with Crippen LogP contribution in [-0.4, -0.2) is 47.2 Å². The van der Waals surface area contributed by atoms with Gasteiger partial charge in [0.05, 0.1) is 6.10 Å². The van der Waals surface area contributed by atoms with Gasteiger partial charge in [-0.2, -0.15) is 0 Å². The fourth-order valence-corrected chi connectivity index (χ4v) is 3.01. The van der Waals surface area contributed by atoms with Gasteiger partial charge in [-0.3, -0.25) is 9.69 Å². The third-order valence-corrected chi connectivity index (χ3v) is 3.79. The molecule has 4 nitrogen and oxygen atoms in total.